The number of rotatable bonds is 2. The molecule has 0 bridgehead atoms. The van der Waals surface area contributed by atoms with E-state index in [0.717, 1.165) is 16.5 Å². The van der Waals surface area contributed by atoms with Crippen LogP contribution < -0.4 is 5.32 Å². The largest absolute Gasteiger partial charge is 0.507 e. The summed E-state index contributed by atoms with van der Waals surface area (Å²) in [7, 11) is -2.84. The molecule has 2 aromatic carbocycles. The van der Waals surface area contributed by atoms with Crippen molar-refractivity contribution < 1.29 is 13.5 Å². The summed E-state index contributed by atoms with van der Waals surface area (Å²) in [5.41, 5.74) is 0.947. The van der Waals surface area contributed by atoms with Crippen LogP contribution in [0, 0.1) is 0 Å². The van der Waals surface area contributed by atoms with Crippen molar-refractivity contribution in [3.05, 3.63) is 36.4 Å². The van der Waals surface area contributed by atoms with E-state index >= 15 is 0 Å². The molecule has 5 heteroatoms. The molecule has 1 heterocycles. The third-order valence-corrected chi connectivity index (χ3v) is 5.53. The van der Waals surface area contributed by atoms with Crippen molar-refractivity contribution in [2.75, 3.05) is 16.8 Å². The van der Waals surface area contributed by atoms with Crippen LogP contribution in [0.2, 0.25) is 0 Å². The molecule has 4 nitrogen and oxygen atoms in total. The summed E-state index contributed by atoms with van der Waals surface area (Å²) in [5, 5.41) is 15.0. The zero-order valence-electron chi connectivity index (χ0n) is 11.0. The molecule has 0 aliphatic carbocycles. The van der Waals surface area contributed by atoms with E-state index < -0.39 is 9.84 Å². The van der Waals surface area contributed by atoms with Crippen LogP contribution in [0.3, 0.4) is 0 Å². The molecule has 0 saturated carbocycles. The molecular weight excluding hydrogens is 274 g/mol. The van der Waals surface area contributed by atoms with Gasteiger partial charge in [-0.2, -0.15) is 0 Å². The molecule has 0 radical (unpaired) electrons. The average molecular weight is 291 g/mol. The molecule has 0 amide bonds. The molecule has 0 atom stereocenters. The zero-order valence-corrected chi connectivity index (χ0v) is 11.9. The monoisotopic (exact) mass is 291 g/mol. The molecule has 2 N–H and O–H groups in total. The maximum Gasteiger partial charge on any atom is 0.150 e. The predicted molar refractivity (Wildman–Crippen MR) is 80.9 cm³/mol. The van der Waals surface area contributed by atoms with Gasteiger partial charge in [0.15, 0.2) is 0 Å². The van der Waals surface area contributed by atoms with Crippen LogP contribution in [0.15, 0.2) is 36.4 Å². The van der Waals surface area contributed by atoms with E-state index in [2.05, 4.69) is 5.32 Å². The molecule has 106 valence electrons. The van der Waals surface area contributed by atoms with Gasteiger partial charge in [-0.1, -0.05) is 24.3 Å². The Kier molecular flexibility index (Phi) is 3.30. The third kappa shape index (κ3) is 2.58. The molecule has 1 aliphatic rings. The van der Waals surface area contributed by atoms with Crippen molar-refractivity contribution >= 4 is 26.3 Å². The minimum Gasteiger partial charge on any atom is -0.507 e. The van der Waals surface area contributed by atoms with Gasteiger partial charge in [-0.3, -0.25) is 0 Å². The van der Waals surface area contributed by atoms with E-state index in [1.165, 1.54) is 0 Å². The van der Waals surface area contributed by atoms with Gasteiger partial charge in [0.1, 0.15) is 15.6 Å². The molecule has 0 aromatic heterocycles. The number of benzene rings is 2. The third-order valence-electron chi connectivity index (χ3n) is 3.81. The molecule has 1 fully saturated rings. The lowest BCUT2D eigenvalue weighted by Crippen LogP contribution is -2.32. The molecule has 1 aliphatic heterocycles. The average Bonchev–Trinajstić information content (AvgIpc) is 2.42. The van der Waals surface area contributed by atoms with Crippen LogP contribution in [0.5, 0.6) is 5.75 Å². The Hall–Kier alpha value is -1.75. The highest BCUT2D eigenvalue weighted by atomic mass is 32.2. The zero-order chi connectivity index (χ0) is 14.2. The quantitative estimate of drug-likeness (QED) is 0.892. The van der Waals surface area contributed by atoms with Gasteiger partial charge >= 0.3 is 0 Å². The lowest BCUT2D eigenvalue weighted by Gasteiger charge is -2.24. The molecule has 2 aromatic rings. The van der Waals surface area contributed by atoms with Gasteiger partial charge in [0, 0.05) is 22.5 Å². The van der Waals surface area contributed by atoms with E-state index in [0.29, 0.717) is 12.8 Å². The van der Waals surface area contributed by atoms with Crippen molar-refractivity contribution in [2.45, 2.75) is 18.9 Å². The topological polar surface area (TPSA) is 66.4 Å². The smallest absolute Gasteiger partial charge is 0.150 e. The fraction of sp³-hybridized carbons (Fsp3) is 0.333. The number of phenolic OH excluding ortho intramolecular Hbond substituents is 1. The van der Waals surface area contributed by atoms with E-state index in [1.807, 2.05) is 30.3 Å². The second-order valence-electron chi connectivity index (χ2n) is 5.25. The highest BCUT2D eigenvalue weighted by Crippen LogP contribution is 2.31. The van der Waals surface area contributed by atoms with Crippen molar-refractivity contribution in [3.8, 4) is 5.75 Å². The van der Waals surface area contributed by atoms with Crippen LogP contribution in [-0.4, -0.2) is 31.1 Å². The number of fused-ring (bicyclic) bond motifs is 1. The number of anilines is 1. The van der Waals surface area contributed by atoms with Crippen molar-refractivity contribution in [2.24, 2.45) is 0 Å². The molecule has 3 rings (SSSR count). The molecule has 1 saturated heterocycles. The van der Waals surface area contributed by atoms with Gasteiger partial charge in [-0.05, 0) is 25.0 Å². The maximum absolute atomic E-state index is 11.4. The minimum absolute atomic E-state index is 0.173. The number of hydrogen-bond acceptors (Lipinski definition) is 4. The molecule has 0 unspecified atom stereocenters. The van der Waals surface area contributed by atoms with E-state index in [-0.39, 0.29) is 23.3 Å². The Bertz CT molecular complexity index is 726. The Balaban J connectivity index is 1.87. The first kappa shape index (κ1) is 13.2. The van der Waals surface area contributed by atoms with Crippen LogP contribution in [0.1, 0.15) is 12.8 Å². The van der Waals surface area contributed by atoms with Crippen LogP contribution in [0.25, 0.3) is 10.8 Å². The second-order valence-corrected chi connectivity index (χ2v) is 7.55. The summed E-state index contributed by atoms with van der Waals surface area (Å²) in [5.74, 6) is 0.763. The van der Waals surface area contributed by atoms with Gasteiger partial charge in [0.2, 0.25) is 0 Å². The number of nitrogens with one attached hydrogen (secondary N) is 1. The normalized spacial score (nSPS) is 19.0. The highest BCUT2D eigenvalue weighted by Gasteiger charge is 2.23. The maximum atomic E-state index is 11.4. The highest BCUT2D eigenvalue weighted by molar-refractivity contribution is 7.91. The Morgan fingerprint density at radius 2 is 1.65 bits per heavy atom. The van der Waals surface area contributed by atoms with E-state index in [1.54, 1.807) is 6.07 Å². The van der Waals surface area contributed by atoms with Gasteiger partial charge in [-0.25, -0.2) is 8.42 Å². The van der Waals surface area contributed by atoms with Gasteiger partial charge < -0.3 is 10.4 Å². The standard InChI is InChI=1S/C15H17NO3S/c17-15-6-2-3-12-13(15)4-1-5-14(12)16-11-7-9-20(18,19)10-8-11/h1-6,11,16-17H,7-10H2. The lowest BCUT2D eigenvalue weighted by molar-refractivity contribution is 0.481. The van der Waals surface area contributed by atoms with E-state index in [4.69, 9.17) is 0 Å². The molecule has 20 heavy (non-hydrogen) atoms. The number of hydrogen-bond donors (Lipinski definition) is 2. The summed E-state index contributed by atoms with van der Waals surface area (Å²) in [6.07, 6.45) is 1.27. The first-order valence-corrected chi connectivity index (χ1v) is 8.55. The van der Waals surface area contributed by atoms with Crippen LogP contribution >= 0.6 is 0 Å². The summed E-state index contributed by atoms with van der Waals surface area (Å²) in [6.45, 7) is 0. The first-order chi connectivity index (χ1) is 9.55. The van der Waals surface area contributed by atoms with Crippen molar-refractivity contribution in [3.63, 3.8) is 0 Å². The lowest BCUT2D eigenvalue weighted by atomic mass is 10.1. The summed E-state index contributed by atoms with van der Waals surface area (Å²) in [4.78, 5) is 0. The van der Waals surface area contributed by atoms with Gasteiger partial charge in [0.25, 0.3) is 0 Å². The Morgan fingerprint density at radius 1 is 1.00 bits per heavy atom. The molecule has 0 spiro atoms. The molecular formula is C15H17NO3S. The fourth-order valence-corrected chi connectivity index (χ4v) is 4.16. The van der Waals surface area contributed by atoms with Crippen LogP contribution in [0.4, 0.5) is 5.69 Å². The Morgan fingerprint density at radius 3 is 2.40 bits per heavy atom. The minimum atomic E-state index is -2.84. The SMILES string of the molecule is O=S1(=O)CCC(Nc2cccc3c(O)cccc23)CC1. The first-order valence-electron chi connectivity index (χ1n) is 6.73. The van der Waals surface area contributed by atoms with E-state index in [9.17, 15) is 13.5 Å². The van der Waals surface area contributed by atoms with Crippen molar-refractivity contribution in [1.29, 1.82) is 0 Å². The van der Waals surface area contributed by atoms with Crippen LogP contribution in [-0.2, 0) is 9.84 Å². The number of phenols is 1. The fourth-order valence-electron chi connectivity index (χ4n) is 2.67. The number of aromatic hydroxyl groups is 1. The second kappa shape index (κ2) is 4.98. The summed E-state index contributed by atoms with van der Waals surface area (Å²) in [6, 6.07) is 11.3. The Labute approximate surface area is 118 Å². The van der Waals surface area contributed by atoms with Crippen molar-refractivity contribution in [1.82, 2.24) is 0 Å². The van der Waals surface area contributed by atoms with Gasteiger partial charge in [0.05, 0.1) is 11.5 Å². The number of sulfone groups is 1. The van der Waals surface area contributed by atoms with Gasteiger partial charge in [-0.15, -0.1) is 0 Å². The summed E-state index contributed by atoms with van der Waals surface area (Å²) >= 11 is 0. The predicted octanol–water partition coefficient (Wildman–Crippen LogP) is 2.53. The summed E-state index contributed by atoms with van der Waals surface area (Å²) < 4.78 is 22.9.